The number of aryl methyl sites for hydroxylation is 1. The Morgan fingerprint density at radius 3 is 2.39 bits per heavy atom. The number of para-hydroxylation sites is 2. The van der Waals surface area contributed by atoms with Gasteiger partial charge in [-0.3, -0.25) is 4.79 Å². The third kappa shape index (κ3) is 5.14. The second kappa shape index (κ2) is 10.2. The van der Waals surface area contributed by atoms with Crippen molar-refractivity contribution in [1.29, 1.82) is 0 Å². The molecule has 4 rings (SSSR count). The SMILES string of the molecule is Cc1cc(C(=O)COC(=O)c2ccc(S(=O)(=O)N(C)C)cc2)c(C)n1C[C@H]1COc2ccccc2O1. The van der Waals surface area contributed by atoms with E-state index in [1.54, 1.807) is 6.07 Å². The predicted molar refractivity (Wildman–Crippen MR) is 132 cm³/mol. The summed E-state index contributed by atoms with van der Waals surface area (Å²) in [4.78, 5) is 25.3. The summed E-state index contributed by atoms with van der Waals surface area (Å²) >= 11 is 0. The van der Waals surface area contributed by atoms with Gasteiger partial charge in [0.25, 0.3) is 0 Å². The maximum atomic E-state index is 12.9. The molecular weight excluding hydrogens is 484 g/mol. The highest BCUT2D eigenvalue weighted by molar-refractivity contribution is 7.89. The molecule has 0 amide bonds. The summed E-state index contributed by atoms with van der Waals surface area (Å²) < 4.78 is 44.5. The maximum absolute atomic E-state index is 12.9. The lowest BCUT2D eigenvalue weighted by Gasteiger charge is -2.27. The van der Waals surface area contributed by atoms with Crippen molar-refractivity contribution in [2.75, 3.05) is 27.3 Å². The number of benzene rings is 2. The highest BCUT2D eigenvalue weighted by Gasteiger charge is 2.24. The van der Waals surface area contributed by atoms with Gasteiger partial charge in [0.2, 0.25) is 15.8 Å². The van der Waals surface area contributed by atoms with Crippen LogP contribution in [0.4, 0.5) is 0 Å². The van der Waals surface area contributed by atoms with Crippen LogP contribution in [0.3, 0.4) is 0 Å². The van der Waals surface area contributed by atoms with Gasteiger partial charge in [0.05, 0.1) is 17.0 Å². The van der Waals surface area contributed by atoms with Gasteiger partial charge in [-0.25, -0.2) is 17.5 Å². The third-order valence-electron chi connectivity index (χ3n) is 6.03. The number of hydrogen-bond donors (Lipinski definition) is 0. The molecule has 10 heteroatoms. The second-order valence-electron chi connectivity index (χ2n) is 8.70. The number of sulfonamides is 1. The molecule has 0 fully saturated rings. The molecule has 1 aliphatic heterocycles. The number of carbonyl (C=O) groups excluding carboxylic acids is 2. The molecule has 3 aromatic rings. The molecule has 0 saturated carbocycles. The molecule has 0 radical (unpaired) electrons. The fourth-order valence-electron chi connectivity index (χ4n) is 3.99. The summed E-state index contributed by atoms with van der Waals surface area (Å²) in [6.07, 6.45) is -0.218. The Morgan fingerprint density at radius 2 is 1.72 bits per heavy atom. The highest BCUT2D eigenvalue weighted by Crippen LogP contribution is 2.31. The highest BCUT2D eigenvalue weighted by atomic mass is 32.2. The van der Waals surface area contributed by atoms with Crippen molar-refractivity contribution < 1.29 is 32.2 Å². The van der Waals surface area contributed by atoms with Crippen LogP contribution in [0.1, 0.15) is 32.1 Å². The van der Waals surface area contributed by atoms with E-state index in [1.165, 1.54) is 38.4 Å². The fourth-order valence-corrected chi connectivity index (χ4v) is 4.89. The van der Waals surface area contributed by atoms with E-state index in [-0.39, 0.29) is 22.3 Å². The average Bonchev–Trinajstić information content (AvgIpc) is 3.15. The predicted octanol–water partition coefficient (Wildman–Crippen LogP) is 3.23. The van der Waals surface area contributed by atoms with Crippen LogP contribution in [0.15, 0.2) is 59.5 Å². The summed E-state index contributed by atoms with van der Waals surface area (Å²) in [5.41, 5.74) is 2.24. The first-order valence-corrected chi connectivity index (χ1v) is 12.8. The Labute approximate surface area is 210 Å². The normalized spacial score (nSPS) is 15.1. The van der Waals surface area contributed by atoms with Crippen LogP contribution in [0.2, 0.25) is 0 Å². The van der Waals surface area contributed by atoms with E-state index in [4.69, 9.17) is 14.2 Å². The van der Waals surface area contributed by atoms with Gasteiger partial charge in [0.1, 0.15) is 6.61 Å². The molecule has 36 heavy (non-hydrogen) atoms. The van der Waals surface area contributed by atoms with Gasteiger partial charge in [-0.2, -0.15) is 0 Å². The Hall–Kier alpha value is -3.63. The van der Waals surface area contributed by atoms with Gasteiger partial charge in [-0.15, -0.1) is 0 Å². The van der Waals surface area contributed by atoms with Crippen molar-refractivity contribution >= 4 is 21.8 Å². The van der Waals surface area contributed by atoms with Gasteiger partial charge in [0.15, 0.2) is 24.2 Å². The van der Waals surface area contributed by atoms with E-state index in [0.29, 0.717) is 30.2 Å². The lowest BCUT2D eigenvalue weighted by atomic mass is 10.1. The first kappa shape index (κ1) is 25.5. The number of aromatic nitrogens is 1. The Bertz CT molecular complexity index is 1390. The summed E-state index contributed by atoms with van der Waals surface area (Å²) in [7, 11) is -0.754. The largest absolute Gasteiger partial charge is 0.486 e. The number of carbonyl (C=O) groups is 2. The molecule has 190 valence electrons. The third-order valence-corrected chi connectivity index (χ3v) is 7.86. The topological polar surface area (TPSA) is 104 Å². The molecular formula is C26H28N2O7S. The van der Waals surface area contributed by atoms with E-state index in [9.17, 15) is 18.0 Å². The minimum atomic E-state index is -3.61. The average molecular weight is 513 g/mol. The van der Waals surface area contributed by atoms with Crippen LogP contribution < -0.4 is 9.47 Å². The number of esters is 1. The van der Waals surface area contributed by atoms with Crippen LogP contribution in [0, 0.1) is 13.8 Å². The molecule has 1 atom stereocenters. The fraction of sp³-hybridized carbons (Fsp3) is 0.308. The van der Waals surface area contributed by atoms with E-state index in [2.05, 4.69) is 0 Å². The molecule has 0 aliphatic carbocycles. The van der Waals surface area contributed by atoms with Crippen molar-refractivity contribution in [1.82, 2.24) is 8.87 Å². The molecule has 0 spiro atoms. The molecule has 1 aromatic heterocycles. The molecule has 2 aromatic carbocycles. The molecule has 0 bridgehead atoms. The smallest absolute Gasteiger partial charge is 0.338 e. The molecule has 0 N–H and O–H groups in total. The number of hydrogen-bond acceptors (Lipinski definition) is 7. The van der Waals surface area contributed by atoms with E-state index >= 15 is 0 Å². The number of Topliss-reactive ketones (excluding diaryl/α,β-unsaturated/α-hetero) is 1. The minimum Gasteiger partial charge on any atom is -0.486 e. The van der Waals surface area contributed by atoms with Crippen LogP contribution in [-0.2, 0) is 21.3 Å². The summed E-state index contributed by atoms with van der Waals surface area (Å²) in [5.74, 6) is 0.353. The first-order chi connectivity index (χ1) is 17.1. The minimum absolute atomic E-state index is 0.0587. The number of ketones is 1. The van der Waals surface area contributed by atoms with Crippen molar-refractivity contribution in [3.63, 3.8) is 0 Å². The van der Waals surface area contributed by atoms with Gasteiger partial charge in [-0.1, -0.05) is 12.1 Å². The summed E-state index contributed by atoms with van der Waals surface area (Å²) in [6, 6.07) is 14.6. The Balaban J connectivity index is 1.39. The van der Waals surface area contributed by atoms with Gasteiger partial charge in [-0.05, 0) is 56.3 Å². The summed E-state index contributed by atoms with van der Waals surface area (Å²) in [5, 5.41) is 0. The van der Waals surface area contributed by atoms with Crippen molar-refractivity contribution in [2.45, 2.75) is 31.4 Å². The Kier molecular flexibility index (Phi) is 7.18. The number of ether oxygens (including phenoxy) is 3. The van der Waals surface area contributed by atoms with Gasteiger partial charge >= 0.3 is 5.97 Å². The maximum Gasteiger partial charge on any atom is 0.338 e. The number of fused-ring (bicyclic) bond motifs is 1. The lowest BCUT2D eigenvalue weighted by molar-refractivity contribution is 0.0474. The van der Waals surface area contributed by atoms with Crippen molar-refractivity contribution in [3.8, 4) is 11.5 Å². The second-order valence-corrected chi connectivity index (χ2v) is 10.9. The van der Waals surface area contributed by atoms with Crippen LogP contribution in [-0.4, -0.2) is 62.5 Å². The molecule has 1 aliphatic rings. The zero-order valence-corrected chi connectivity index (χ0v) is 21.4. The standard InChI is InChI=1S/C26H28N2O7S/c1-17-13-22(18(2)28(17)14-20-15-33-24-7-5-6-8-25(24)35-20)23(29)16-34-26(30)19-9-11-21(12-10-19)36(31,32)27(3)4/h5-13,20H,14-16H2,1-4H3/t20-/m0/s1. The van der Waals surface area contributed by atoms with Crippen molar-refractivity contribution in [2.24, 2.45) is 0 Å². The lowest BCUT2D eigenvalue weighted by Crippen LogP contribution is -2.33. The van der Waals surface area contributed by atoms with Crippen molar-refractivity contribution in [3.05, 3.63) is 77.1 Å². The zero-order valence-electron chi connectivity index (χ0n) is 20.6. The summed E-state index contributed by atoms with van der Waals surface area (Å²) in [6.45, 7) is 4.20. The van der Waals surface area contributed by atoms with Crippen LogP contribution >= 0.6 is 0 Å². The van der Waals surface area contributed by atoms with Gasteiger partial charge in [0, 0.05) is 31.0 Å². The molecule has 0 unspecified atom stereocenters. The monoisotopic (exact) mass is 512 g/mol. The van der Waals surface area contributed by atoms with Crippen LogP contribution in [0.5, 0.6) is 11.5 Å². The van der Waals surface area contributed by atoms with E-state index < -0.39 is 22.6 Å². The molecule has 0 saturated heterocycles. The van der Waals surface area contributed by atoms with E-state index in [1.807, 2.05) is 42.7 Å². The van der Waals surface area contributed by atoms with Gasteiger partial charge < -0.3 is 18.8 Å². The number of nitrogens with zero attached hydrogens (tertiary/aromatic N) is 2. The van der Waals surface area contributed by atoms with E-state index in [0.717, 1.165) is 15.7 Å². The number of rotatable bonds is 8. The zero-order chi connectivity index (χ0) is 26.0. The first-order valence-electron chi connectivity index (χ1n) is 11.4. The van der Waals surface area contributed by atoms with Crippen LogP contribution in [0.25, 0.3) is 0 Å². The molecule has 9 nitrogen and oxygen atoms in total. The molecule has 2 heterocycles. The quantitative estimate of drug-likeness (QED) is 0.337. The Morgan fingerprint density at radius 1 is 1.06 bits per heavy atom.